The lowest BCUT2D eigenvalue weighted by atomic mass is 10.2. The first-order valence-corrected chi connectivity index (χ1v) is 6.61. The maximum absolute atomic E-state index is 11.9. The highest BCUT2D eigenvalue weighted by atomic mass is 16.6. The van der Waals surface area contributed by atoms with Crippen molar-refractivity contribution in [1.29, 1.82) is 0 Å². The van der Waals surface area contributed by atoms with E-state index >= 15 is 0 Å². The Kier molecular flexibility index (Phi) is 4.04. The van der Waals surface area contributed by atoms with Gasteiger partial charge in [-0.25, -0.2) is 9.78 Å². The second-order valence-corrected chi connectivity index (χ2v) is 5.64. The number of hydrogen-bond donors (Lipinski definition) is 1. The van der Waals surface area contributed by atoms with E-state index < -0.39 is 5.60 Å². The molecule has 1 fully saturated rings. The van der Waals surface area contributed by atoms with Crippen LogP contribution in [0.3, 0.4) is 0 Å². The van der Waals surface area contributed by atoms with Crippen LogP contribution in [0, 0.1) is 0 Å². The van der Waals surface area contributed by atoms with Crippen LogP contribution in [-0.4, -0.2) is 42.7 Å². The molecule has 0 bridgehead atoms. The van der Waals surface area contributed by atoms with Crippen LogP contribution in [0.5, 0.6) is 0 Å². The maximum Gasteiger partial charge on any atom is 0.340 e. The SMILES string of the molecule is CC(C)(C)OC(=O)c1ccc(N2CCNCC2)nc1. The third-order valence-electron chi connectivity index (χ3n) is 2.82. The van der Waals surface area contributed by atoms with Gasteiger partial charge in [-0.3, -0.25) is 0 Å². The highest BCUT2D eigenvalue weighted by Gasteiger charge is 2.18. The minimum Gasteiger partial charge on any atom is -0.456 e. The summed E-state index contributed by atoms with van der Waals surface area (Å²) >= 11 is 0. The number of ether oxygens (including phenoxy) is 1. The molecule has 1 aromatic rings. The maximum atomic E-state index is 11.9. The summed E-state index contributed by atoms with van der Waals surface area (Å²) in [5.74, 6) is 0.584. The fraction of sp³-hybridized carbons (Fsp3) is 0.571. The largest absolute Gasteiger partial charge is 0.456 e. The van der Waals surface area contributed by atoms with E-state index in [1.54, 1.807) is 12.3 Å². The Morgan fingerprint density at radius 2 is 2.00 bits per heavy atom. The summed E-state index contributed by atoms with van der Waals surface area (Å²) in [5, 5.41) is 3.30. The number of nitrogens with zero attached hydrogens (tertiary/aromatic N) is 2. The van der Waals surface area contributed by atoms with Crippen LogP contribution in [0.2, 0.25) is 0 Å². The van der Waals surface area contributed by atoms with Crippen molar-refractivity contribution < 1.29 is 9.53 Å². The van der Waals surface area contributed by atoms with E-state index in [4.69, 9.17) is 4.74 Å². The summed E-state index contributed by atoms with van der Waals surface area (Å²) in [6.45, 7) is 9.39. The molecule has 0 amide bonds. The van der Waals surface area contributed by atoms with Gasteiger partial charge < -0.3 is 15.0 Å². The van der Waals surface area contributed by atoms with Gasteiger partial charge in [0.2, 0.25) is 0 Å². The molecule has 0 spiro atoms. The smallest absolute Gasteiger partial charge is 0.340 e. The van der Waals surface area contributed by atoms with Gasteiger partial charge >= 0.3 is 5.97 Å². The number of anilines is 1. The normalized spacial score (nSPS) is 16.3. The Morgan fingerprint density at radius 3 is 2.53 bits per heavy atom. The zero-order valence-electron chi connectivity index (χ0n) is 11.8. The van der Waals surface area contributed by atoms with Crippen LogP contribution >= 0.6 is 0 Å². The molecule has 1 saturated heterocycles. The topological polar surface area (TPSA) is 54.5 Å². The predicted molar refractivity (Wildman–Crippen MR) is 74.5 cm³/mol. The zero-order chi connectivity index (χ0) is 13.9. The van der Waals surface area contributed by atoms with Crippen LogP contribution in [-0.2, 0) is 4.74 Å². The number of aromatic nitrogens is 1. The Balaban J connectivity index is 2.03. The third kappa shape index (κ3) is 3.92. The van der Waals surface area contributed by atoms with Gasteiger partial charge in [0.15, 0.2) is 0 Å². The van der Waals surface area contributed by atoms with Gasteiger partial charge in [-0.15, -0.1) is 0 Å². The summed E-state index contributed by atoms with van der Waals surface area (Å²) in [6.07, 6.45) is 1.59. The number of hydrogen-bond acceptors (Lipinski definition) is 5. The van der Waals surface area contributed by atoms with Crippen LogP contribution in [0.1, 0.15) is 31.1 Å². The molecule has 19 heavy (non-hydrogen) atoms. The van der Waals surface area contributed by atoms with Crippen molar-refractivity contribution in [3.63, 3.8) is 0 Å². The van der Waals surface area contributed by atoms with Crippen LogP contribution in [0.25, 0.3) is 0 Å². The van der Waals surface area contributed by atoms with Gasteiger partial charge in [0, 0.05) is 32.4 Å². The van der Waals surface area contributed by atoms with Gasteiger partial charge in [-0.05, 0) is 32.9 Å². The molecular formula is C14H21N3O2. The number of esters is 1. The van der Waals surface area contributed by atoms with Gasteiger partial charge in [0.25, 0.3) is 0 Å². The first-order chi connectivity index (χ1) is 8.96. The summed E-state index contributed by atoms with van der Waals surface area (Å²) in [5.41, 5.74) is 0.0164. The van der Waals surface area contributed by atoms with Crippen LogP contribution in [0.15, 0.2) is 18.3 Å². The van der Waals surface area contributed by atoms with Gasteiger partial charge in [0.05, 0.1) is 5.56 Å². The first-order valence-electron chi connectivity index (χ1n) is 6.61. The zero-order valence-corrected chi connectivity index (χ0v) is 11.8. The molecule has 1 N–H and O–H groups in total. The summed E-state index contributed by atoms with van der Waals surface area (Å²) < 4.78 is 5.31. The highest BCUT2D eigenvalue weighted by molar-refractivity contribution is 5.89. The summed E-state index contributed by atoms with van der Waals surface area (Å²) in [4.78, 5) is 18.4. The van der Waals surface area contributed by atoms with Gasteiger partial charge in [-0.1, -0.05) is 0 Å². The summed E-state index contributed by atoms with van der Waals surface area (Å²) in [7, 11) is 0. The number of pyridine rings is 1. The number of carbonyl (C=O) groups is 1. The fourth-order valence-electron chi connectivity index (χ4n) is 1.92. The van der Waals surface area contributed by atoms with Crippen molar-refractivity contribution in [2.45, 2.75) is 26.4 Å². The Bertz CT molecular complexity index is 431. The molecule has 5 heteroatoms. The van der Waals surface area contributed by atoms with Crippen molar-refractivity contribution in [2.24, 2.45) is 0 Å². The van der Waals surface area contributed by atoms with E-state index in [0.29, 0.717) is 5.56 Å². The molecule has 0 saturated carbocycles. The number of nitrogens with one attached hydrogen (secondary N) is 1. The van der Waals surface area contributed by atoms with Crippen molar-refractivity contribution in [3.8, 4) is 0 Å². The van der Waals surface area contributed by atoms with Crippen molar-refractivity contribution in [2.75, 3.05) is 31.1 Å². The summed E-state index contributed by atoms with van der Waals surface area (Å²) in [6, 6.07) is 3.66. The predicted octanol–water partition coefficient (Wildman–Crippen LogP) is 1.45. The average molecular weight is 263 g/mol. The molecule has 0 atom stereocenters. The minimum atomic E-state index is -0.478. The molecule has 104 valence electrons. The minimum absolute atomic E-state index is 0.327. The second-order valence-electron chi connectivity index (χ2n) is 5.64. The molecule has 0 aliphatic carbocycles. The lowest BCUT2D eigenvalue weighted by Gasteiger charge is -2.28. The Hall–Kier alpha value is -1.62. The molecule has 2 heterocycles. The van der Waals surface area contributed by atoms with E-state index in [-0.39, 0.29) is 5.97 Å². The van der Waals surface area contributed by atoms with E-state index in [2.05, 4.69) is 15.2 Å². The van der Waals surface area contributed by atoms with Crippen molar-refractivity contribution in [3.05, 3.63) is 23.9 Å². The number of rotatable bonds is 2. The second kappa shape index (κ2) is 5.57. The molecule has 0 radical (unpaired) electrons. The third-order valence-corrected chi connectivity index (χ3v) is 2.82. The van der Waals surface area contributed by atoms with Gasteiger partial charge in [0.1, 0.15) is 11.4 Å². The molecule has 1 aromatic heterocycles. The molecule has 0 aromatic carbocycles. The molecule has 0 unspecified atom stereocenters. The van der Waals surface area contributed by atoms with Crippen LogP contribution in [0.4, 0.5) is 5.82 Å². The Labute approximate surface area is 114 Å². The lowest BCUT2D eigenvalue weighted by molar-refractivity contribution is 0.00691. The van der Waals surface area contributed by atoms with Crippen LogP contribution < -0.4 is 10.2 Å². The first kappa shape index (κ1) is 13.8. The van der Waals surface area contributed by atoms with E-state index in [1.807, 2.05) is 26.8 Å². The van der Waals surface area contributed by atoms with Crippen molar-refractivity contribution >= 4 is 11.8 Å². The van der Waals surface area contributed by atoms with E-state index in [9.17, 15) is 4.79 Å². The van der Waals surface area contributed by atoms with Gasteiger partial charge in [-0.2, -0.15) is 0 Å². The standard InChI is InChI=1S/C14H21N3O2/c1-14(2,3)19-13(18)11-4-5-12(16-10-11)17-8-6-15-7-9-17/h4-5,10,15H,6-9H2,1-3H3. The molecule has 5 nitrogen and oxygen atoms in total. The lowest BCUT2D eigenvalue weighted by Crippen LogP contribution is -2.43. The number of piperazine rings is 1. The van der Waals surface area contributed by atoms with E-state index in [0.717, 1.165) is 32.0 Å². The monoisotopic (exact) mass is 263 g/mol. The molecular weight excluding hydrogens is 242 g/mol. The molecule has 1 aliphatic heterocycles. The number of carbonyl (C=O) groups excluding carboxylic acids is 1. The molecule has 1 aliphatic rings. The highest BCUT2D eigenvalue weighted by Crippen LogP contribution is 2.15. The molecule has 2 rings (SSSR count). The van der Waals surface area contributed by atoms with E-state index in [1.165, 1.54) is 0 Å². The average Bonchev–Trinajstić information content (AvgIpc) is 2.38. The Morgan fingerprint density at radius 1 is 1.32 bits per heavy atom. The fourth-order valence-corrected chi connectivity index (χ4v) is 1.92. The quantitative estimate of drug-likeness (QED) is 0.818. The van der Waals surface area contributed by atoms with Crippen molar-refractivity contribution in [1.82, 2.24) is 10.3 Å².